The van der Waals surface area contributed by atoms with Crippen molar-refractivity contribution in [1.29, 1.82) is 0 Å². The van der Waals surface area contributed by atoms with Gasteiger partial charge in [-0.25, -0.2) is 0 Å². The normalized spacial score (nSPS) is 12.0. The number of rotatable bonds is 19. The van der Waals surface area contributed by atoms with Crippen LogP contribution in [0.5, 0.6) is 0 Å². The summed E-state index contributed by atoms with van der Waals surface area (Å²) in [5, 5.41) is 0. The molecule has 0 aliphatic carbocycles. The van der Waals surface area contributed by atoms with Crippen molar-refractivity contribution >= 4 is 0 Å². The summed E-state index contributed by atoms with van der Waals surface area (Å²) in [6, 6.07) is 0. The highest BCUT2D eigenvalue weighted by molar-refractivity contribution is 4.49. The molecule has 0 saturated heterocycles. The van der Waals surface area contributed by atoms with Gasteiger partial charge >= 0.3 is 0 Å². The Balaban J connectivity index is 3.27. The predicted molar refractivity (Wildman–Crippen MR) is 112 cm³/mol. The molecule has 1 heteroatoms. The van der Waals surface area contributed by atoms with Crippen LogP contribution in [0.25, 0.3) is 0 Å². The maximum atomic E-state index is 2.43. The van der Waals surface area contributed by atoms with E-state index in [1.807, 2.05) is 0 Å². The van der Waals surface area contributed by atoms with Gasteiger partial charge in [0.15, 0.2) is 0 Å². The molecule has 0 aromatic carbocycles. The smallest absolute Gasteiger partial charge is 0.0782 e. The molecule has 0 N–H and O–H groups in total. The quantitative estimate of drug-likeness (QED) is 0.167. The van der Waals surface area contributed by atoms with Gasteiger partial charge in [0.25, 0.3) is 0 Å². The molecule has 0 aliphatic heterocycles. The summed E-state index contributed by atoms with van der Waals surface area (Å²) in [6.07, 6.45) is 24.5. The van der Waals surface area contributed by atoms with E-state index in [4.69, 9.17) is 0 Å². The Morgan fingerprint density at radius 2 is 0.625 bits per heavy atom. The molecule has 1 nitrogen and oxygen atoms in total. The van der Waals surface area contributed by atoms with Gasteiger partial charge in [-0.1, -0.05) is 97.3 Å². The van der Waals surface area contributed by atoms with Crippen LogP contribution in [0, 0.1) is 0 Å². The Kier molecular flexibility index (Phi) is 17.7. The van der Waals surface area contributed by atoms with E-state index in [-0.39, 0.29) is 0 Å². The second kappa shape index (κ2) is 17.8. The highest BCUT2D eigenvalue weighted by atomic mass is 15.3. The first-order chi connectivity index (χ1) is 11.6. The molecule has 0 aliphatic rings. The Morgan fingerprint density at radius 1 is 0.375 bits per heavy atom. The monoisotopic (exact) mass is 340 g/mol. The van der Waals surface area contributed by atoms with E-state index in [1.165, 1.54) is 127 Å². The fourth-order valence-corrected chi connectivity index (χ4v) is 3.64. The molecule has 0 aromatic rings. The lowest BCUT2D eigenvalue weighted by Gasteiger charge is -2.30. The minimum absolute atomic E-state index is 1.24. The number of hydrogen-bond acceptors (Lipinski definition) is 0. The number of quaternary nitrogens is 1. The van der Waals surface area contributed by atoms with Crippen molar-refractivity contribution < 1.29 is 4.48 Å². The lowest BCUT2D eigenvalue weighted by molar-refractivity contribution is -0.890. The lowest BCUT2D eigenvalue weighted by atomic mass is 10.1. The summed E-state index contributed by atoms with van der Waals surface area (Å²) < 4.78 is 1.24. The molecule has 0 amide bonds. The van der Waals surface area contributed by atoms with Crippen molar-refractivity contribution in [3.05, 3.63) is 0 Å². The van der Waals surface area contributed by atoms with Crippen molar-refractivity contribution in [2.75, 3.05) is 27.2 Å². The van der Waals surface area contributed by atoms with Crippen LogP contribution < -0.4 is 0 Å². The summed E-state index contributed by atoms with van der Waals surface area (Å²) in [5.41, 5.74) is 0. The molecule has 0 bridgehead atoms. The Morgan fingerprint density at radius 3 is 0.917 bits per heavy atom. The van der Waals surface area contributed by atoms with Crippen molar-refractivity contribution in [2.45, 2.75) is 123 Å². The summed E-state index contributed by atoms with van der Waals surface area (Å²) in [7, 11) is 4.86. The van der Waals surface area contributed by atoms with Crippen molar-refractivity contribution in [2.24, 2.45) is 0 Å². The largest absolute Gasteiger partial charge is 0.328 e. The van der Waals surface area contributed by atoms with Gasteiger partial charge in [0, 0.05) is 0 Å². The molecule has 146 valence electrons. The van der Waals surface area contributed by atoms with Gasteiger partial charge in [-0.05, 0) is 25.7 Å². The maximum absolute atomic E-state index is 2.43. The van der Waals surface area contributed by atoms with Gasteiger partial charge < -0.3 is 4.48 Å². The zero-order chi connectivity index (χ0) is 17.9. The molecule has 0 radical (unpaired) electrons. The first-order valence-corrected chi connectivity index (χ1v) is 11.4. The Hall–Kier alpha value is -0.0400. The van der Waals surface area contributed by atoms with Crippen LogP contribution in [0.4, 0.5) is 0 Å². The molecule has 0 saturated carbocycles. The van der Waals surface area contributed by atoms with E-state index >= 15 is 0 Å². The molecule has 0 aromatic heterocycles. The molecule has 0 rings (SSSR count). The molecule has 24 heavy (non-hydrogen) atoms. The summed E-state index contributed by atoms with van der Waals surface area (Å²) in [4.78, 5) is 0. The highest BCUT2D eigenvalue weighted by Gasteiger charge is 2.13. The fraction of sp³-hybridized carbons (Fsp3) is 1.00. The summed E-state index contributed by atoms with van der Waals surface area (Å²) in [6.45, 7) is 7.36. The van der Waals surface area contributed by atoms with Crippen LogP contribution in [0.1, 0.15) is 123 Å². The molecule has 0 unspecified atom stereocenters. The van der Waals surface area contributed by atoms with Crippen LogP contribution in [-0.4, -0.2) is 31.7 Å². The highest BCUT2D eigenvalue weighted by Crippen LogP contribution is 2.13. The lowest BCUT2D eigenvalue weighted by Crippen LogP contribution is -2.41. The van der Waals surface area contributed by atoms with Crippen molar-refractivity contribution in [1.82, 2.24) is 0 Å². The second-order valence-electron chi connectivity index (χ2n) is 8.69. The summed E-state index contributed by atoms with van der Waals surface area (Å²) >= 11 is 0. The van der Waals surface area contributed by atoms with Crippen LogP contribution in [0.15, 0.2) is 0 Å². The zero-order valence-corrected chi connectivity index (χ0v) is 17.9. The first kappa shape index (κ1) is 24.0. The van der Waals surface area contributed by atoms with Gasteiger partial charge in [-0.15, -0.1) is 0 Å². The van der Waals surface area contributed by atoms with Gasteiger partial charge in [0.05, 0.1) is 27.2 Å². The van der Waals surface area contributed by atoms with E-state index in [1.54, 1.807) is 0 Å². The SMILES string of the molecule is CCCCCCCCCCCCCC[N+](C)(C)CCCCCCC. The van der Waals surface area contributed by atoms with Gasteiger partial charge in [0.1, 0.15) is 0 Å². The topological polar surface area (TPSA) is 0 Å². The van der Waals surface area contributed by atoms with E-state index in [0.717, 1.165) is 0 Å². The minimum Gasteiger partial charge on any atom is -0.328 e. The number of unbranched alkanes of at least 4 members (excludes halogenated alkanes) is 15. The number of nitrogens with zero attached hydrogens (tertiary/aromatic N) is 1. The fourth-order valence-electron chi connectivity index (χ4n) is 3.64. The molecule has 0 spiro atoms. The molecule has 0 atom stereocenters. The second-order valence-corrected chi connectivity index (χ2v) is 8.69. The standard InChI is InChI=1S/C23H50N/c1-5-7-9-11-12-13-14-15-16-17-19-21-23-24(3,4)22-20-18-10-8-6-2/h5-23H2,1-4H3/q+1. The molecular weight excluding hydrogens is 290 g/mol. The van der Waals surface area contributed by atoms with Gasteiger partial charge in [0.2, 0.25) is 0 Å². The van der Waals surface area contributed by atoms with Gasteiger partial charge in [-0.3, -0.25) is 0 Å². The Bertz CT molecular complexity index is 234. The average Bonchev–Trinajstić information content (AvgIpc) is 2.55. The summed E-state index contributed by atoms with van der Waals surface area (Å²) in [5.74, 6) is 0. The first-order valence-electron chi connectivity index (χ1n) is 11.4. The van der Waals surface area contributed by atoms with E-state index in [9.17, 15) is 0 Å². The maximum Gasteiger partial charge on any atom is 0.0782 e. The van der Waals surface area contributed by atoms with Crippen LogP contribution >= 0.6 is 0 Å². The van der Waals surface area contributed by atoms with Crippen LogP contribution in [-0.2, 0) is 0 Å². The minimum atomic E-state index is 1.24. The predicted octanol–water partition coefficient (Wildman–Crippen LogP) is 7.73. The van der Waals surface area contributed by atoms with Crippen molar-refractivity contribution in [3.63, 3.8) is 0 Å². The van der Waals surface area contributed by atoms with Gasteiger partial charge in [-0.2, -0.15) is 0 Å². The average molecular weight is 341 g/mol. The Labute approximate surface area is 155 Å². The molecule has 0 heterocycles. The van der Waals surface area contributed by atoms with Crippen LogP contribution in [0.3, 0.4) is 0 Å². The van der Waals surface area contributed by atoms with Crippen LogP contribution in [0.2, 0.25) is 0 Å². The molecular formula is C23H50N+. The third-order valence-electron chi connectivity index (χ3n) is 5.48. The molecule has 0 fully saturated rings. The zero-order valence-electron chi connectivity index (χ0n) is 17.9. The number of hydrogen-bond donors (Lipinski definition) is 0. The van der Waals surface area contributed by atoms with E-state index < -0.39 is 0 Å². The third kappa shape index (κ3) is 18.3. The van der Waals surface area contributed by atoms with E-state index in [2.05, 4.69) is 27.9 Å². The van der Waals surface area contributed by atoms with E-state index in [0.29, 0.717) is 0 Å². The third-order valence-corrected chi connectivity index (χ3v) is 5.48. The van der Waals surface area contributed by atoms with Crippen molar-refractivity contribution in [3.8, 4) is 0 Å².